The number of rotatable bonds is 6. The van der Waals surface area contributed by atoms with E-state index in [0.717, 1.165) is 16.0 Å². The fourth-order valence-corrected chi connectivity index (χ4v) is 4.08. The van der Waals surface area contributed by atoms with Gasteiger partial charge in [0.2, 0.25) is 5.91 Å². The number of anilines is 1. The molecular weight excluding hydrogens is 396 g/mol. The molecule has 0 saturated carbocycles. The van der Waals surface area contributed by atoms with E-state index in [-0.39, 0.29) is 12.5 Å². The number of hydrogen-bond acceptors (Lipinski definition) is 7. The molecule has 0 unspecified atom stereocenters. The van der Waals surface area contributed by atoms with Crippen molar-refractivity contribution in [1.82, 2.24) is 24.8 Å². The van der Waals surface area contributed by atoms with Crippen LogP contribution in [0.2, 0.25) is 0 Å². The van der Waals surface area contributed by atoms with Crippen LogP contribution in [0.1, 0.15) is 16.0 Å². The summed E-state index contributed by atoms with van der Waals surface area (Å²) in [6.45, 7) is 1.82. The molecule has 8 nitrogen and oxygen atoms in total. The van der Waals surface area contributed by atoms with Gasteiger partial charge in [-0.1, -0.05) is 29.8 Å². The summed E-state index contributed by atoms with van der Waals surface area (Å²) in [6.07, 6.45) is 2.50. The third-order valence-corrected chi connectivity index (χ3v) is 5.70. The first kappa shape index (κ1) is 18.3. The van der Waals surface area contributed by atoms with Gasteiger partial charge in [-0.2, -0.15) is 9.36 Å². The molecule has 1 aromatic carbocycles. The van der Waals surface area contributed by atoms with Gasteiger partial charge in [-0.25, -0.2) is 9.78 Å². The lowest BCUT2D eigenvalue weighted by Gasteiger charge is -2.00. The predicted octanol–water partition coefficient (Wildman–Crippen LogP) is 2.48. The van der Waals surface area contributed by atoms with Crippen molar-refractivity contribution in [2.75, 3.05) is 5.32 Å². The Morgan fingerprint density at radius 3 is 2.75 bits per heavy atom. The first-order valence-corrected chi connectivity index (χ1v) is 10.1. The monoisotopic (exact) mass is 412 g/mol. The number of carbonyl (C=O) groups excluding carboxylic acids is 1. The molecule has 0 atom stereocenters. The standard InChI is InChI=1S/C18H16N6O2S2/c1-12-4-6-13(7-5-12)9-14-10-19-17(28-14)20-15(25)11-23-18(26)24(22-21-23)16-3-2-8-27-16/h2-8,10H,9,11H2,1H3,(H,19,20,25). The van der Waals surface area contributed by atoms with Crippen LogP contribution < -0.4 is 11.0 Å². The van der Waals surface area contributed by atoms with Gasteiger partial charge in [0.1, 0.15) is 11.5 Å². The number of hydrogen-bond donors (Lipinski definition) is 1. The molecule has 0 radical (unpaired) electrons. The Morgan fingerprint density at radius 1 is 1.18 bits per heavy atom. The molecule has 1 N–H and O–H groups in total. The average molecular weight is 413 g/mol. The first-order chi connectivity index (χ1) is 13.6. The van der Waals surface area contributed by atoms with Crippen molar-refractivity contribution in [2.45, 2.75) is 19.9 Å². The number of thiophene rings is 1. The highest BCUT2D eigenvalue weighted by molar-refractivity contribution is 7.15. The number of aryl methyl sites for hydroxylation is 1. The molecule has 10 heteroatoms. The Hall–Kier alpha value is -3.11. The molecule has 3 heterocycles. The van der Waals surface area contributed by atoms with Crippen LogP contribution in [0.5, 0.6) is 0 Å². The molecule has 0 bridgehead atoms. The van der Waals surface area contributed by atoms with Gasteiger partial charge in [0.05, 0.1) is 0 Å². The summed E-state index contributed by atoms with van der Waals surface area (Å²) in [4.78, 5) is 29.8. The zero-order valence-corrected chi connectivity index (χ0v) is 16.5. The third kappa shape index (κ3) is 4.07. The van der Waals surface area contributed by atoms with E-state index in [4.69, 9.17) is 0 Å². The Morgan fingerprint density at radius 2 is 2.00 bits per heavy atom. The van der Waals surface area contributed by atoms with Crippen molar-refractivity contribution in [3.63, 3.8) is 0 Å². The number of nitrogens with zero attached hydrogens (tertiary/aromatic N) is 5. The second kappa shape index (κ2) is 7.87. The molecule has 4 aromatic rings. The lowest BCUT2D eigenvalue weighted by molar-refractivity contribution is -0.117. The van der Waals surface area contributed by atoms with Gasteiger partial charge in [-0.3, -0.25) is 4.79 Å². The minimum absolute atomic E-state index is 0.225. The van der Waals surface area contributed by atoms with E-state index < -0.39 is 5.69 Å². The minimum Gasteiger partial charge on any atom is -0.300 e. The van der Waals surface area contributed by atoms with Crippen molar-refractivity contribution < 1.29 is 4.79 Å². The number of tetrazole rings is 1. The summed E-state index contributed by atoms with van der Waals surface area (Å²) in [7, 11) is 0. The second-order valence-electron chi connectivity index (χ2n) is 6.12. The second-order valence-corrected chi connectivity index (χ2v) is 8.17. The zero-order chi connectivity index (χ0) is 19.5. The van der Waals surface area contributed by atoms with E-state index in [9.17, 15) is 9.59 Å². The topological polar surface area (TPSA) is 94.7 Å². The average Bonchev–Trinajstić information content (AvgIpc) is 3.41. The number of benzene rings is 1. The maximum absolute atomic E-state index is 12.3. The van der Waals surface area contributed by atoms with Crippen molar-refractivity contribution >= 4 is 33.7 Å². The maximum atomic E-state index is 12.3. The number of carbonyl (C=O) groups is 1. The summed E-state index contributed by atoms with van der Waals surface area (Å²) in [5.41, 5.74) is 1.94. The van der Waals surface area contributed by atoms with Crippen LogP contribution in [0.4, 0.5) is 5.13 Å². The van der Waals surface area contributed by atoms with E-state index in [1.165, 1.54) is 38.5 Å². The Kier molecular flexibility index (Phi) is 5.13. The quantitative estimate of drug-likeness (QED) is 0.525. The van der Waals surface area contributed by atoms with E-state index in [1.54, 1.807) is 12.3 Å². The molecule has 4 rings (SSSR count). The summed E-state index contributed by atoms with van der Waals surface area (Å²) in [5, 5.41) is 13.3. The molecule has 0 aliphatic carbocycles. The predicted molar refractivity (Wildman–Crippen MR) is 108 cm³/mol. The first-order valence-electron chi connectivity index (χ1n) is 8.45. The third-order valence-electron chi connectivity index (χ3n) is 3.95. The number of amides is 1. The molecule has 0 aliphatic rings. The van der Waals surface area contributed by atoms with Gasteiger partial charge in [0.15, 0.2) is 5.13 Å². The summed E-state index contributed by atoms with van der Waals surface area (Å²) >= 11 is 2.78. The molecule has 0 aliphatic heterocycles. The molecule has 28 heavy (non-hydrogen) atoms. The van der Waals surface area contributed by atoms with Crippen LogP contribution in [-0.4, -0.2) is 30.7 Å². The van der Waals surface area contributed by atoms with Gasteiger partial charge in [0, 0.05) is 17.5 Å². The number of nitrogens with one attached hydrogen (secondary N) is 1. The summed E-state index contributed by atoms with van der Waals surface area (Å²) in [5.74, 6) is -0.378. The largest absolute Gasteiger partial charge is 0.369 e. The van der Waals surface area contributed by atoms with Crippen molar-refractivity contribution in [1.29, 1.82) is 0 Å². The Bertz CT molecular complexity index is 1140. The lowest BCUT2D eigenvalue weighted by Crippen LogP contribution is -2.29. The highest BCUT2D eigenvalue weighted by Crippen LogP contribution is 2.21. The van der Waals surface area contributed by atoms with Crippen molar-refractivity contribution in [2.24, 2.45) is 0 Å². The van der Waals surface area contributed by atoms with Gasteiger partial charge in [0.25, 0.3) is 0 Å². The Balaban J connectivity index is 1.39. The van der Waals surface area contributed by atoms with E-state index in [0.29, 0.717) is 10.1 Å². The molecular formula is C18H16N6O2S2. The molecule has 142 valence electrons. The maximum Gasteiger partial charge on any atom is 0.369 e. The van der Waals surface area contributed by atoms with Gasteiger partial charge in [-0.05, 0) is 40.4 Å². The fourth-order valence-electron chi connectivity index (χ4n) is 2.55. The minimum atomic E-state index is -0.461. The van der Waals surface area contributed by atoms with Crippen LogP contribution in [0.25, 0.3) is 5.00 Å². The Labute approximate surface area is 168 Å². The van der Waals surface area contributed by atoms with E-state index in [1.807, 2.05) is 11.4 Å². The fraction of sp³-hybridized carbons (Fsp3) is 0.167. The van der Waals surface area contributed by atoms with Gasteiger partial charge >= 0.3 is 5.69 Å². The number of thiazole rings is 1. The van der Waals surface area contributed by atoms with Crippen LogP contribution in [-0.2, 0) is 17.8 Å². The molecule has 0 saturated heterocycles. The lowest BCUT2D eigenvalue weighted by atomic mass is 10.1. The van der Waals surface area contributed by atoms with Crippen LogP contribution in [0, 0.1) is 6.92 Å². The van der Waals surface area contributed by atoms with Crippen LogP contribution >= 0.6 is 22.7 Å². The van der Waals surface area contributed by atoms with Gasteiger partial charge in [-0.15, -0.1) is 22.7 Å². The van der Waals surface area contributed by atoms with Crippen LogP contribution in [0.3, 0.4) is 0 Å². The molecule has 3 aromatic heterocycles. The highest BCUT2D eigenvalue weighted by atomic mass is 32.1. The number of aromatic nitrogens is 5. The molecule has 0 spiro atoms. The van der Waals surface area contributed by atoms with Crippen molar-refractivity contribution in [3.8, 4) is 5.00 Å². The van der Waals surface area contributed by atoms with Crippen molar-refractivity contribution in [3.05, 3.63) is 74.5 Å². The van der Waals surface area contributed by atoms with Crippen LogP contribution in [0.15, 0.2) is 52.8 Å². The summed E-state index contributed by atoms with van der Waals surface area (Å²) < 4.78 is 2.19. The van der Waals surface area contributed by atoms with Gasteiger partial charge < -0.3 is 5.32 Å². The summed E-state index contributed by atoms with van der Waals surface area (Å²) in [6, 6.07) is 11.9. The SMILES string of the molecule is Cc1ccc(Cc2cnc(NC(=O)Cn3nnn(-c4cccs4)c3=O)s2)cc1. The normalized spacial score (nSPS) is 10.9. The van der Waals surface area contributed by atoms with E-state index in [2.05, 4.69) is 51.9 Å². The van der Waals surface area contributed by atoms with E-state index >= 15 is 0 Å². The molecule has 1 amide bonds. The molecule has 0 fully saturated rings. The highest BCUT2D eigenvalue weighted by Gasteiger charge is 2.14. The zero-order valence-electron chi connectivity index (χ0n) is 14.9. The smallest absolute Gasteiger partial charge is 0.300 e.